The molecule has 0 radical (unpaired) electrons. The number of nitrogens with two attached hydrogens (primary N) is 1. The van der Waals surface area contributed by atoms with E-state index in [1.165, 1.54) is 19.2 Å². The van der Waals surface area contributed by atoms with Crippen molar-refractivity contribution < 1.29 is 13.9 Å². The normalized spacial score (nSPS) is 10.0. The smallest absolute Gasteiger partial charge is 0.183 e. The van der Waals surface area contributed by atoms with Crippen LogP contribution in [0.25, 0.3) is 0 Å². The highest BCUT2D eigenvalue weighted by molar-refractivity contribution is 9.10. The monoisotopic (exact) mass is 261 g/mol. The molecular formula is C9H9BrFNO2. The molecule has 0 fully saturated rings. The molecule has 0 amide bonds. The molecule has 0 aromatic heterocycles. The van der Waals surface area contributed by atoms with Crippen LogP contribution in [-0.2, 0) is 0 Å². The van der Waals surface area contributed by atoms with Gasteiger partial charge in [-0.2, -0.15) is 0 Å². The summed E-state index contributed by atoms with van der Waals surface area (Å²) in [6.07, 6.45) is 0. The number of benzene rings is 1. The molecule has 0 aliphatic rings. The first-order valence-corrected chi connectivity index (χ1v) is 4.66. The van der Waals surface area contributed by atoms with Crippen LogP contribution in [0, 0.1) is 5.82 Å². The molecule has 1 aromatic rings. The van der Waals surface area contributed by atoms with E-state index in [2.05, 4.69) is 15.9 Å². The average molecular weight is 262 g/mol. The summed E-state index contributed by atoms with van der Waals surface area (Å²) < 4.78 is 18.6. The molecular weight excluding hydrogens is 253 g/mol. The number of hydrogen-bond acceptors (Lipinski definition) is 3. The number of carbonyl (C=O) groups excluding carboxylic acids is 1. The highest BCUT2D eigenvalue weighted by Crippen LogP contribution is 2.27. The van der Waals surface area contributed by atoms with Crippen molar-refractivity contribution in [3.8, 4) is 5.75 Å². The van der Waals surface area contributed by atoms with Crippen LogP contribution in [-0.4, -0.2) is 19.4 Å². The molecule has 1 rings (SSSR count). The fourth-order valence-electron chi connectivity index (χ4n) is 1.06. The minimum atomic E-state index is -0.639. The van der Waals surface area contributed by atoms with Crippen LogP contribution in [0.1, 0.15) is 10.4 Å². The molecule has 76 valence electrons. The van der Waals surface area contributed by atoms with Gasteiger partial charge in [0.1, 0.15) is 5.75 Å². The van der Waals surface area contributed by atoms with Crippen LogP contribution < -0.4 is 10.5 Å². The molecule has 0 aliphatic heterocycles. The van der Waals surface area contributed by atoms with Gasteiger partial charge in [-0.15, -0.1) is 0 Å². The molecule has 0 unspecified atom stereocenters. The van der Waals surface area contributed by atoms with E-state index in [0.717, 1.165) is 0 Å². The predicted molar refractivity (Wildman–Crippen MR) is 54.0 cm³/mol. The third kappa shape index (κ3) is 1.93. The minimum absolute atomic E-state index is 0.107. The van der Waals surface area contributed by atoms with Gasteiger partial charge in [-0.3, -0.25) is 4.79 Å². The van der Waals surface area contributed by atoms with Gasteiger partial charge in [0.2, 0.25) is 0 Å². The van der Waals surface area contributed by atoms with E-state index >= 15 is 0 Å². The van der Waals surface area contributed by atoms with Crippen LogP contribution in [0.3, 0.4) is 0 Å². The Hall–Kier alpha value is -0.940. The van der Waals surface area contributed by atoms with Crippen LogP contribution in [0.2, 0.25) is 0 Å². The zero-order chi connectivity index (χ0) is 10.7. The van der Waals surface area contributed by atoms with Crippen LogP contribution in [0.4, 0.5) is 4.39 Å². The highest BCUT2D eigenvalue weighted by atomic mass is 79.9. The summed E-state index contributed by atoms with van der Waals surface area (Å²) in [5, 5.41) is 0. The van der Waals surface area contributed by atoms with Crippen molar-refractivity contribution in [3.05, 3.63) is 28.0 Å². The van der Waals surface area contributed by atoms with Gasteiger partial charge in [0.15, 0.2) is 11.6 Å². The largest absolute Gasteiger partial charge is 0.496 e. The Bertz CT molecular complexity index is 368. The molecule has 1 aromatic carbocycles. The van der Waals surface area contributed by atoms with E-state index in [-0.39, 0.29) is 22.3 Å². The summed E-state index contributed by atoms with van der Waals surface area (Å²) in [6.45, 7) is -0.246. The number of hydrogen-bond donors (Lipinski definition) is 1. The lowest BCUT2D eigenvalue weighted by molar-refractivity contribution is 0.0994. The van der Waals surface area contributed by atoms with Crippen LogP contribution in [0.15, 0.2) is 16.6 Å². The van der Waals surface area contributed by atoms with E-state index in [0.29, 0.717) is 0 Å². The third-order valence-electron chi connectivity index (χ3n) is 1.74. The van der Waals surface area contributed by atoms with E-state index < -0.39 is 11.6 Å². The summed E-state index contributed by atoms with van der Waals surface area (Å²) in [4.78, 5) is 11.3. The molecule has 0 saturated carbocycles. The van der Waals surface area contributed by atoms with Crippen molar-refractivity contribution in [2.45, 2.75) is 0 Å². The number of Topliss-reactive ketones (excluding diaryl/α,β-unsaturated/α-hetero) is 1. The van der Waals surface area contributed by atoms with Crippen molar-refractivity contribution in [2.24, 2.45) is 5.73 Å². The summed E-state index contributed by atoms with van der Waals surface area (Å²) in [7, 11) is 1.37. The number of ether oxygens (including phenoxy) is 1. The van der Waals surface area contributed by atoms with Gasteiger partial charge in [0.05, 0.1) is 23.7 Å². The second kappa shape index (κ2) is 4.52. The maximum atomic E-state index is 13.5. The first-order valence-electron chi connectivity index (χ1n) is 3.87. The van der Waals surface area contributed by atoms with Crippen molar-refractivity contribution in [2.75, 3.05) is 13.7 Å². The van der Waals surface area contributed by atoms with Crippen LogP contribution >= 0.6 is 15.9 Å². The minimum Gasteiger partial charge on any atom is -0.496 e. The number of halogens is 2. The lowest BCUT2D eigenvalue weighted by Crippen LogP contribution is -2.16. The zero-order valence-corrected chi connectivity index (χ0v) is 9.10. The summed E-state index contributed by atoms with van der Waals surface area (Å²) in [5.74, 6) is -0.929. The molecule has 2 N–H and O–H groups in total. The Morgan fingerprint density at radius 1 is 1.64 bits per heavy atom. The summed E-state index contributed by atoms with van der Waals surface area (Å²) >= 11 is 2.98. The average Bonchev–Trinajstić information content (AvgIpc) is 2.20. The standard InChI is InChI=1S/C9H9BrFNO2/c1-14-7-3-2-5(10)9(11)8(7)6(13)4-12/h2-3H,4,12H2,1H3. The number of rotatable bonds is 3. The van der Waals surface area contributed by atoms with E-state index in [1.54, 1.807) is 0 Å². The SMILES string of the molecule is COc1ccc(Br)c(F)c1C(=O)CN. The molecule has 0 atom stereocenters. The fraction of sp³-hybridized carbons (Fsp3) is 0.222. The van der Waals surface area contributed by atoms with Gasteiger partial charge < -0.3 is 10.5 Å². The number of ketones is 1. The highest BCUT2D eigenvalue weighted by Gasteiger charge is 2.18. The van der Waals surface area contributed by atoms with Gasteiger partial charge in [-0.05, 0) is 28.1 Å². The molecule has 0 spiro atoms. The van der Waals surface area contributed by atoms with Gasteiger partial charge in [-0.1, -0.05) is 0 Å². The quantitative estimate of drug-likeness (QED) is 0.844. The van der Waals surface area contributed by atoms with E-state index in [9.17, 15) is 9.18 Å². The molecule has 0 aliphatic carbocycles. The van der Waals surface area contributed by atoms with Crippen molar-refractivity contribution in [3.63, 3.8) is 0 Å². The summed E-state index contributed by atoms with van der Waals surface area (Å²) in [6, 6.07) is 2.98. The van der Waals surface area contributed by atoms with E-state index in [1.807, 2.05) is 0 Å². The molecule has 3 nitrogen and oxygen atoms in total. The van der Waals surface area contributed by atoms with Crippen LogP contribution in [0.5, 0.6) is 5.75 Å². The predicted octanol–water partition coefficient (Wildman–Crippen LogP) is 1.74. The first-order chi connectivity index (χ1) is 6.61. The Kier molecular flexibility index (Phi) is 3.60. The van der Waals surface area contributed by atoms with Gasteiger partial charge in [0, 0.05) is 0 Å². The molecule has 0 bridgehead atoms. The van der Waals surface area contributed by atoms with Crippen molar-refractivity contribution in [1.29, 1.82) is 0 Å². The number of carbonyl (C=O) groups is 1. The maximum Gasteiger partial charge on any atom is 0.183 e. The Labute approximate surface area is 89.2 Å². The maximum absolute atomic E-state index is 13.5. The molecule has 5 heteroatoms. The fourth-order valence-corrected chi connectivity index (χ4v) is 1.40. The Morgan fingerprint density at radius 3 is 2.79 bits per heavy atom. The van der Waals surface area contributed by atoms with Gasteiger partial charge in [-0.25, -0.2) is 4.39 Å². The topological polar surface area (TPSA) is 52.3 Å². The van der Waals surface area contributed by atoms with E-state index in [4.69, 9.17) is 10.5 Å². The Morgan fingerprint density at radius 2 is 2.29 bits per heavy atom. The zero-order valence-electron chi connectivity index (χ0n) is 7.51. The van der Waals surface area contributed by atoms with Gasteiger partial charge in [0.25, 0.3) is 0 Å². The lowest BCUT2D eigenvalue weighted by Gasteiger charge is -2.08. The second-order valence-electron chi connectivity index (χ2n) is 2.57. The van der Waals surface area contributed by atoms with Crippen molar-refractivity contribution in [1.82, 2.24) is 0 Å². The van der Waals surface area contributed by atoms with Crippen molar-refractivity contribution >= 4 is 21.7 Å². The molecule has 0 heterocycles. The number of methoxy groups -OCH3 is 1. The lowest BCUT2D eigenvalue weighted by atomic mass is 10.1. The second-order valence-corrected chi connectivity index (χ2v) is 3.42. The van der Waals surface area contributed by atoms with Gasteiger partial charge >= 0.3 is 0 Å². The summed E-state index contributed by atoms with van der Waals surface area (Å²) in [5.41, 5.74) is 5.05. The third-order valence-corrected chi connectivity index (χ3v) is 2.35. The molecule has 14 heavy (non-hydrogen) atoms. The molecule has 0 saturated heterocycles. The first kappa shape index (κ1) is 11.1. The Balaban J connectivity index is 3.35.